The summed E-state index contributed by atoms with van der Waals surface area (Å²) >= 11 is 0. The molecule has 0 saturated carbocycles. The molecular weight excluding hydrogens is 202 g/mol. The van der Waals surface area contributed by atoms with Gasteiger partial charge in [0.05, 0.1) is 17.6 Å². The Hall–Kier alpha value is -1.97. The van der Waals surface area contributed by atoms with Gasteiger partial charge in [0, 0.05) is 24.2 Å². The van der Waals surface area contributed by atoms with Gasteiger partial charge in [0.1, 0.15) is 6.29 Å². The molecule has 0 atom stereocenters. The molecule has 0 aliphatic carbocycles. The van der Waals surface area contributed by atoms with Crippen LogP contribution in [0.25, 0.3) is 11.3 Å². The van der Waals surface area contributed by atoms with Crippen LogP contribution >= 0.6 is 0 Å². The molecule has 0 aromatic carbocycles. The van der Waals surface area contributed by atoms with Gasteiger partial charge in [-0.15, -0.1) is 0 Å². The Bertz CT molecular complexity index is 488. The second-order valence-corrected chi connectivity index (χ2v) is 4.18. The number of pyridine rings is 1. The first kappa shape index (κ1) is 10.5. The molecule has 0 bridgehead atoms. The predicted octanol–water partition coefficient (Wildman–Crippen LogP) is 1.88. The van der Waals surface area contributed by atoms with Gasteiger partial charge in [0.15, 0.2) is 0 Å². The lowest BCUT2D eigenvalue weighted by atomic mass is 10.1. The summed E-state index contributed by atoms with van der Waals surface area (Å²) in [5, 5.41) is 0. The van der Waals surface area contributed by atoms with Crippen LogP contribution in [0, 0.1) is 0 Å². The Morgan fingerprint density at radius 1 is 1.44 bits per heavy atom. The van der Waals surface area contributed by atoms with Crippen LogP contribution in [-0.4, -0.2) is 20.8 Å². The molecule has 16 heavy (non-hydrogen) atoms. The fourth-order valence-electron chi connectivity index (χ4n) is 1.36. The highest BCUT2D eigenvalue weighted by molar-refractivity contribution is 5.62. The van der Waals surface area contributed by atoms with Crippen LogP contribution in [0.4, 0.5) is 0 Å². The van der Waals surface area contributed by atoms with E-state index >= 15 is 0 Å². The monoisotopic (exact) mass is 215 g/mol. The van der Waals surface area contributed by atoms with E-state index in [9.17, 15) is 4.79 Å². The molecular formula is C12H13N3O. The molecule has 0 radical (unpaired) electrons. The van der Waals surface area contributed by atoms with Crippen LogP contribution in [0.2, 0.25) is 0 Å². The van der Waals surface area contributed by atoms with E-state index in [2.05, 4.69) is 9.97 Å². The van der Waals surface area contributed by atoms with Gasteiger partial charge in [-0.05, 0) is 26.0 Å². The molecule has 0 fully saturated rings. The van der Waals surface area contributed by atoms with Crippen molar-refractivity contribution in [3.63, 3.8) is 0 Å². The lowest BCUT2D eigenvalue weighted by Gasteiger charge is -2.17. The van der Waals surface area contributed by atoms with Gasteiger partial charge in [0.2, 0.25) is 0 Å². The van der Waals surface area contributed by atoms with Crippen LogP contribution in [0.5, 0.6) is 0 Å². The number of rotatable bonds is 3. The quantitative estimate of drug-likeness (QED) is 0.734. The minimum absolute atomic E-state index is 0.562. The van der Waals surface area contributed by atoms with E-state index in [0.29, 0.717) is 0 Å². The number of carbonyl (C=O) groups excluding carboxylic acids is 1. The lowest BCUT2D eigenvalue weighted by Crippen LogP contribution is -2.26. The molecule has 2 heterocycles. The summed E-state index contributed by atoms with van der Waals surface area (Å²) in [5.74, 6) is 0. The molecule has 2 aromatic heterocycles. The first-order valence-electron chi connectivity index (χ1n) is 5.05. The zero-order chi connectivity index (χ0) is 11.6. The minimum atomic E-state index is -0.562. The van der Waals surface area contributed by atoms with Gasteiger partial charge < -0.3 is 9.36 Å². The third-order valence-corrected chi connectivity index (χ3v) is 2.49. The lowest BCUT2D eigenvalue weighted by molar-refractivity contribution is -0.113. The van der Waals surface area contributed by atoms with Crippen LogP contribution in [0.1, 0.15) is 13.8 Å². The molecule has 0 amide bonds. The maximum Gasteiger partial charge on any atom is 0.145 e. The summed E-state index contributed by atoms with van der Waals surface area (Å²) in [7, 11) is 0. The fraction of sp³-hybridized carbons (Fsp3) is 0.250. The number of imidazole rings is 1. The highest BCUT2D eigenvalue weighted by atomic mass is 16.1. The van der Waals surface area contributed by atoms with E-state index in [1.165, 1.54) is 0 Å². The Balaban J connectivity index is 2.37. The Kier molecular flexibility index (Phi) is 2.56. The molecule has 0 saturated heterocycles. The molecule has 0 aliphatic heterocycles. The molecule has 82 valence electrons. The summed E-state index contributed by atoms with van der Waals surface area (Å²) in [5.41, 5.74) is 1.21. The SMILES string of the molecule is CC(C)(C=O)n1cnc(-c2cccnc2)c1. The average Bonchev–Trinajstić information content (AvgIpc) is 2.80. The number of aldehydes is 1. The average molecular weight is 215 g/mol. The first-order valence-corrected chi connectivity index (χ1v) is 5.05. The largest absolute Gasteiger partial charge is 0.324 e. The van der Waals surface area contributed by atoms with Crippen LogP contribution in [0.3, 0.4) is 0 Å². The molecule has 4 nitrogen and oxygen atoms in total. The molecule has 4 heteroatoms. The van der Waals surface area contributed by atoms with Crippen molar-refractivity contribution in [3.05, 3.63) is 37.1 Å². The highest BCUT2D eigenvalue weighted by Crippen LogP contribution is 2.19. The summed E-state index contributed by atoms with van der Waals surface area (Å²) in [6, 6.07) is 3.80. The predicted molar refractivity (Wildman–Crippen MR) is 60.8 cm³/mol. The molecule has 0 aliphatic rings. The number of hydrogen-bond donors (Lipinski definition) is 0. The molecule has 0 spiro atoms. The van der Waals surface area contributed by atoms with E-state index < -0.39 is 5.54 Å². The summed E-state index contributed by atoms with van der Waals surface area (Å²) < 4.78 is 1.79. The fourth-order valence-corrected chi connectivity index (χ4v) is 1.36. The summed E-state index contributed by atoms with van der Waals surface area (Å²) in [4.78, 5) is 19.2. The van der Waals surface area contributed by atoms with Crippen LogP contribution in [0.15, 0.2) is 37.1 Å². The van der Waals surface area contributed by atoms with Gasteiger partial charge in [0.25, 0.3) is 0 Å². The molecule has 2 aromatic rings. The van der Waals surface area contributed by atoms with Crippen molar-refractivity contribution in [2.24, 2.45) is 0 Å². The van der Waals surface area contributed by atoms with E-state index in [1.54, 1.807) is 23.3 Å². The number of hydrogen-bond acceptors (Lipinski definition) is 3. The van der Waals surface area contributed by atoms with Gasteiger partial charge in [-0.25, -0.2) is 4.98 Å². The van der Waals surface area contributed by atoms with E-state index in [1.807, 2.05) is 32.2 Å². The van der Waals surface area contributed by atoms with Gasteiger partial charge in [-0.3, -0.25) is 4.98 Å². The first-order chi connectivity index (χ1) is 7.63. The maximum atomic E-state index is 10.9. The normalized spacial score (nSPS) is 11.4. The number of aromatic nitrogens is 3. The highest BCUT2D eigenvalue weighted by Gasteiger charge is 2.19. The zero-order valence-corrected chi connectivity index (χ0v) is 9.29. The second-order valence-electron chi connectivity index (χ2n) is 4.18. The summed E-state index contributed by atoms with van der Waals surface area (Å²) in [6.07, 6.45) is 7.89. The van der Waals surface area contributed by atoms with Crippen molar-refractivity contribution in [3.8, 4) is 11.3 Å². The maximum absolute atomic E-state index is 10.9. The Labute approximate surface area is 94.0 Å². The van der Waals surface area contributed by atoms with Crippen molar-refractivity contribution in [1.82, 2.24) is 14.5 Å². The van der Waals surface area contributed by atoms with E-state index in [-0.39, 0.29) is 0 Å². The van der Waals surface area contributed by atoms with Crippen molar-refractivity contribution < 1.29 is 4.79 Å². The van der Waals surface area contributed by atoms with Crippen LogP contribution in [-0.2, 0) is 10.3 Å². The molecule has 2 rings (SSSR count). The van der Waals surface area contributed by atoms with Crippen molar-refractivity contribution in [2.75, 3.05) is 0 Å². The summed E-state index contributed by atoms with van der Waals surface area (Å²) in [6.45, 7) is 3.68. The van der Waals surface area contributed by atoms with Crippen molar-refractivity contribution in [2.45, 2.75) is 19.4 Å². The number of nitrogens with zero attached hydrogens (tertiary/aromatic N) is 3. The van der Waals surface area contributed by atoms with Gasteiger partial charge >= 0.3 is 0 Å². The second kappa shape index (κ2) is 3.89. The van der Waals surface area contributed by atoms with Gasteiger partial charge in [-0.1, -0.05) is 0 Å². The van der Waals surface area contributed by atoms with E-state index in [4.69, 9.17) is 0 Å². The third-order valence-electron chi connectivity index (χ3n) is 2.49. The van der Waals surface area contributed by atoms with Crippen LogP contribution < -0.4 is 0 Å². The smallest absolute Gasteiger partial charge is 0.145 e. The van der Waals surface area contributed by atoms with Crippen molar-refractivity contribution >= 4 is 6.29 Å². The Morgan fingerprint density at radius 2 is 2.25 bits per heavy atom. The van der Waals surface area contributed by atoms with Gasteiger partial charge in [-0.2, -0.15) is 0 Å². The van der Waals surface area contributed by atoms with Crippen molar-refractivity contribution in [1.29, 1.82) is 0 Å². The van der Waals surface area contributed by atoms with E-state index in [0.717, 1.165) is 17.5 Å². The molecule has 0 unspecified atom stereocenters. The number of carbonyl (C=O) groups is 1. The zero-order valence-electron chi connectivity index (χ0n) is 9.29. The topological polar surface area (TPSA) is 47.8 Å². The third kappa shape index (κ3) is 1.86. The Morgan fingerprint density at radius 3 is 2.88 bits per heavy atom. The minimum Gasteiger partial charge on any atom is -0.324 e. The molecule has 0 N–H and O–H groups in total. The standard InChI is InChI=1S/C12H13N3O/c1-12(2,8-16)15-7-11(14-9-15)10-4-3-5-13-6-10/h3-9H,1-2H3.